The lowest BCUT2D eigenvalue weighted by molar-refractivity contribution is 0.484. The lowest BCUT2D eigenvalue weighted by atomic mass is 10.0. The number of pyridine rings is 1. The molecule has 1 rings (SSSR count). The molecule has 2 N–H and O–H groups in total. The topological polar surface area (TPSA) is 37.0 Å². The van der Waals surface area contributed by atoms with E-state index in [2.05, 4.69) is 42.5 Å². The van der Waals surface area contributed by atoms with Crippen LogP contribution in [0.15, 0.2) is 18.5 Å². The van der Waals surface area contributed by atoms with E-state index in [9.17, 15) is 0 Å². The van der Waals surface area contributed by atoms with E-state index < -0.39 is 0 Å². The van der Waals surface area contributed by atoms with Gasteiger partial charge in [0.05, 0.1) is 23.8 Å². The summed E-state index contributed by atoms with van der Waals surface area (Å²) in [5, 5.41) is 6.57. The molecule has 0 aromatic carbocycles. The van der Waals surface area contributed by atoms with Crippen LogP contribution in [-0.4, -0.2) is 18.1 Å². The first-order chi connectivity index (χ1) is 7.65. The van der Waals surface area contributed by atoms with Crippen molar-refractivity contribution < 1.29 is 0 Å². The van der Waals surface area contributed by atoms with E-state index in [-0.39, 0.29) is 0 Å². The summed E-state index contributed by atoms with van der Waals surface area (Å²) < 4.78 is 0. The normalized spacial score (nSPS) is 14.2. The molecule has 0 saturated heterocycles. The molecule has 2 atom stereocenters. The summed E-state index contributed by atoms with van der Waals surface area (Å²) >= 11 is 0. The molecule has 0 spiro atoms. The smallest absolute Gasteiger partial charge is 0.0549 e. The predicted molar refractivity (Wildman–Crippen MR) is 70.9 cm³/mol. The van der Waals surface area contributed by atoms with Crippen molar-refractivity contribution in [3.8, 4) is 0 Å². The Morgan fingerprint density at radius 3 is 2.56 bits per heavy atom. The molecule has 0 fully saturated rings. The Hall–Kier alpha value is -1.25. The van der Waals surface area contributed by atoms with E-state index >= 15 is 0 Å². The highest BCUT2D eigenvalue weighted by Gasteiger charge is 2.07. The van der Waals surface area contributed by atoms with Crippen molar-refractivity contribution in [2.45, 2.75) is 39.7 Å². The summed E-state index contributed by atoms with van der Waals surface area (Å²) in [4.78, 5) is 4.18. The molecule has 0 saturated carbocycles. The number of hydrogen-bond acceptors (Lipinski definition) is 3. The maximum Gasteiger partial charge on any atom is 0.0549 e. The Morgan fingerprint density at radius 2 is 1.94 bits per heavy atom. The monoisotopic (exact) mass is 221 g/mol. The van der Waals surface area contributed by atoms with Crippen molar-refractivity contribution in [2.75, 3.05) is 17.7 Å². The molecule has 0 radical (unpaired) electrons. The summed E-state index contributed by atoms with van der Waals surface area (Å²) in [6, 6.07) is 2.57. The Morgan fingerprint density at radius 1 is 1.25 bits per heavy atom. The minimum atomic E-state index is 0.490. The minimum absolute atomic E-state index is 0.490. The SMILES string of the molecule is CCC(C)CC(C)Nc1cncc(NC)c1. The molecule has 0 aliphatic rings. The van der Waals surface area contributed by atoms with Crippen LogP contribution in [0.25, 0.3) is 0 Å². The molecule has 1 aromatic heterocycles. The van der Waals surface area contributed by atoms with Gasteiger partial charge in [0.25, 0.3) is 0 Å². The van der Waals surface area contributed by atoms with Crippen molar-refractivity contribution in [3.63, 3.8) is 0 Å². The zero-order chi connectivity index (χ0) is 12.0. The number of nitrogens with zero attached hydrogens (tertiary/aromatic N) is 1. The van der Waals surface area contributed by atoms with E-state index in [1.54, 1.807) is 0 Å². The molecular formula is C13H23N3. The lowest BCUT2D eigenvalue weighted by Crippen LogP contribution is -2.18. The van der Waals surface area contributed by atoms with E-state index in [1.165, 1.54) is 12.8 Å². The van der Waals surface area contributed by atoms with Crippen LogP contribution in [0.5, 0.6) is 0 Å². The standard InChI is InChI=1S/C13H23N3/c1-5-10(2)6-11(3)16-13-7-12(14-4)8-15-9-13/h7-11,14,16H,5-6H2,1-4H3. The molecule has 2 unspecified atom stereocenters. The fourth-order valence-corrected chi connectivity index (χ4v) is 1.77. The van der Waals surface area contributed by atoms with E-state index in [4.69, 9.17) is 0 Å². The third-order valence-corrected chi connectivity index (χ3v) is 2.89. The second-order valence-electron chi connectivity index (χ2n) is 4.51. The van der Waals surface area contributed by atoms with Gasteiger partial charge in [-0.3, -0.25) is 4.98 Å². The quantitative estimate of drug-likeness (QED) is 0.773. The van der Waals surface area contributed by atoms with Crippen LogP contribution >= 0.6 is 0 Å². The molecule has 1 aromatic rings. The first-order valence-corrected chi connectivity index (χ1v) is 6.05. The summed E-state index contributed by atoms with van der Waals surface area (Å²) in [6.45, 7) is 6.75. The lowest BCUT2D eigenvalue weighted by Gasteiger charge is -2.18. The number of aromatic nitrogens is 1. The van der Waals surface area contributed by atoms with Crippen LogP contribution in [0.2, 0.25) is 0 Å². The van der Waals surface area contributed by atoms with Gasteiger partial charge in [-0.25, -0.2) is 0 Å². The third kappa shape index (κ3) is 4.09. The number of nitrogens with one attached hydrogen (secondary N) is 2. The maximum absolute atomic E-state index is 4.18. The largest absolute Gasteiger partial charge is 0.387 e. The molecule has 90 valence electrons. The highest BCUT2D eigenvalue weighted by molar-refractivity contribution is 5.53. The van der Waals surface area contributed by atoms with Gasteiger partial charge in [-0.2, -0.15) is 0 Å². The van der Waals surface area contributed by atoms with Gasteiger partial charge < -0.3 is 10.6 Å². The van der Waals surface area contributed by atoms with E-state index in [0.717, 1.165) is 17.3 Å². The second-order valence-corrected chi connectivity index (χ2v) is 4.51. The average Bonchev–Trinajstić information content (AvgIpc) is 2.28. The molecule has 1 heterocycles. The summed E-state index contributed by atoms with van der Waals surface area (Å²) in [5.74, 6) is 0.767. The summed E-state index contributed by atoms with van der Waals surface area (Å²) in [6.07, 6.45) is 6.12. The Labute approximate surface area is 98.7 Å². The Bertz CT molecular complexity index is 312. The molecule has 16 heavy (non-hydrogen) atoms. The first-order valence-electron chi connectivity index (χ1n) is 6.05. The van der Waals surface area contributed by atoms with Crippen LogP contribution in [0, 0.1) is 5.92 Å². The highest BCUT2D eigenvalue weighted by Crippen LogP contribution is 2.16. The van der Waals surface area contributed by atoms with Crippen LogP contribution in [0.4, 0.5) is 11.4 Å². The van der Waals surface area contributed by atoms with Gasteiger partial charge in [0.1, 0.15) is 0 Å². The number of anilines is 2. The van der Waals surface area contributed by atoms with Gasteiger partial charge in [0, 0.05) is 13.1 Å². The highest BCUT2D eigenvalue weighted by atomic mass is 14.9. The molecular weight excluding hydrogens is 198 g/mol. The third-order valence-electron chi connectivity index (χ3n) is 2.89. The van der Waals surface area contributed by atoms with Crippen LogP contribution in [0.1, 0.15) is 33.6 Å². The van der Waals surface area contributed by atoms with Gasteiger partial charge in [0.15, 0.2) is 0 Å². The van der Waals surface area contributed by atoms with Gasteiger partial charge in [-0.1, -0.05) is 20.3 Å². The van der Waals surface area contributed by atoms with Crippen molar-refractivity contribution in [3.05, 3.63) is 18.5 Å². The number of rotatable bonds is 6. The number of hydrogen-bond donors (Lipinski definition) is 2. The van der Waals surface area contributed by atoms with E-state index in [1.807, 2.05) is 19.4 Å². The van der Waals surface area contributed by atoms with Gasteiger partial charge >= 0.3 is 0 Å². The van der Waals surface area contributed by atoms with Gasteiger partial charge in [-0.05, 0) is 25.3 Å². The van der Waals surface area contributed by atoms with Crippen molar-refractivity contribution in [2.24, 2.45) is 5.92 Å². The van der Waals surface area contributed by atoms with Crippen LogP contribution in [0.3, 0.4) is 0 Å². The second kappa shape index (κ2) is 6.36. The average molecular weight is 221 g/mol. The Kier molecular flexibility index (Phi) is 5.09. The fourth-order valence-electron chi connectivity index (χ4n) is 1.77. The first kappa shape index (κ1) is 12.8. The zero-order valence-electron chi connectivity index (χ0n) is 10.7. The van der Waals surface area contributed by atoms with Crippen molar-refractivity contribution in [1.82, 2.24) is 4.98 Å². The molecule has 0 aliphatic carbocycles. The van der Waals surface area contributed by atoms with Crippen LogP contribution < -0.4 is 10.6 Å². The summed E-state index contributed by atoms with van der Waals surface area (Å²) in [7, 11) is 1.91. The Balaban J connectivity index is 2.51. The van der Waals surface area contributed by atoms with Crippen LogP contribution in [-0.2, 0) is 0 Å². The van der Waals surface area contributed by atoms with E-state index in [0.29, 0.717) is 6.04 Å². The van der Waals surface area contributed by atoms with Crippen molar-refractivity contribution >= 4 is 11.4 Å². The maximum atomic E-state index is 4.18. The molecule has 0 amide bonds. The molecule has 3 heteroatoms. The zero-order valence-corrected chi connectivity index (χ0v) is 10.7. The molecule has 3 nitrogen and oxygen atoms in total. The predicted octanol–water partition coefficient (Wildman–Crippen LogP) is 3.36. The molecule has 0 bridgehead atoms. The minimum Gasteiger partial charge on any atom is -0.387 e. The van der Waals surface area contributed by atoms with Gasteiger partial charge in [-0.15, -0.1) is 0 Å². The van der Waals surface area contributed by atoms with Gasteiger partial charge in [0.2, 0.25) is 0 Å². The molecule has 0 aliphatic heterocycles. The summed E-state index contributed by atoms with van der Waals surface area (Å²) in [5.41, 5.74) is 2.13. The fraction of sp³-hybridized carbons (Fsp3) is 0.615. The van der Waals surface area contributed by atoms with Crippen molar-refractivity contribution in [1.29, 1.82) is 0 Å².